The molecule has 2 aromatic carbocycles. The number of anilines is 2. The molecule has 0 aromatic heterocycles. The molecule has 0 spiro atoms. The molecule has 1 aliphatic heterocycles. The summed E-state index contributed by atoms with van der Waals surface area (Å²) in [6.07, 6.45) is 0. The second-order valence-electron chi connectivity index (χ2n) is 5.71. The summed E-state index contributed by atoms with van der Waals surface area (Å²) >= 11 is 0. The Hall–Kier alpha value is -2.43. The van der Waals surface area contributed by atoms with Gasteiger partial charge in [0.15, 0.2) is 11.5 Å². The number of ether oxygens (including phenoxy) is 2. The van der Waals surface area contributed by atoms with Gasteiger partial charge in [-0.15, -0.1) is 0 Å². The predicted molar refractivity (Wildman–Crippen MR) is 90.1 cm³/mol. The van der Waals surface area contributed by atoms with Crippen molar-refractivity contribution in [2.75, 3.05) is 31.0 Å². The van der Waals surface area contributed by atoms with Gasteiger partial charge in [0.25, 0.3) is 0 Å². The van der Waals surface area contributed by atoms with E-state index in [4.69, 9.17) is 9.47 Å². The normalized spacial score (nSPS) is 16.5. The molecule has 0 radical (unpaired) electrons. The van der Waals surface area contributed by atoms with Crippen molar-refractivity contribution in [3.05, 3.63) is 47.8 Å². The zero-order chi connectivity index (χ0) is 16.4. The Balaban J connectivity index is 1.96. The van der Waals surface area contributed by atoms with Crippen LogP contribution in [-0.2, 0) is 6.54 Å². The van der Waals surface area contributed by atoms with Crippen molar-refractivity contribution in [1.82, 2.24) is 0 Å². The number of fused-ring (bicyclic) bond motifs is 1. The van der Waals surface area contributed by atoms with Gasteiger partial charge in [-0.25, -0.2) is 4.39 Å². The molecule has 1 unspecified atom stereocenters. The van der Waals surface area contributed by atoms with Crippen LogP contribution in [0, 0.1) is 5.82 Å². The molecule has 4 nitrogen and oxygen atoms in total. The maximum atomic E-state index is 13.1. The molecule has 0 fully saturated rings. The molecule has 0 saturated carbocycles. The highest BCUT2D eigenvalue weighted by atomic mass is 19.1. The van der Waals surface area contributed by atoms with E-state index in [1.54, 1.807) is 14.2 Å². The van der Waals surface area contributed by atoms with Crippen LogP contribution in [0.25, 0.3) is 0 Å². The van der Waals surface area contributed by atoms with E-state index in [0.29, 0.717) is 24.1 Å². The number of rotatable bonds is 4. The van der Waals surface area contributed by atoms with Crippen molar-refractivity contribution < 1.29 is 13.9 Å². The van der Waals surface area contributed by atoms with Crippen molar-refractivity contribution >= 4 is 11.4 Å². The van der Waals surface area contributed by atoms with E-state index < -0.39 is 0 Å². The lowest BCUT2D eigenvalue weighted by atomic mass is 10.1. The fourth-order valence-electron chi connectivity index (χ4n) is 2.88. The van der Waals surface area contributed by atoms with Crippen LogP contribution >= 0.6 is 0 Å². The van der Waals surface area contributed by atoms with Crippen molar-refractivity contribution in [2.45, 2.75) is 19.5 Å². The Labute approximate surface area is 135 Å². The van der Waals surface area contributed by atoms with Gasteiger partial charge in [-0.3, -0.25) is 0 Å². The van der Waals surface area contributed by atoms with Gasteiger partial charge in [-0.2, -0.15) is 0 Å². The van der Waals surface area contributed by atoms with Gasteiger partial charge in [0.2, 0.25) is 0 Å². The smallest absolute Gasteiger partial charge is 0.162 e. The third-order valence-electron chi connectivity index (χ3n) is 4.20. The molecular weight excluding hydrogens is 295 g/mol. The van der Waals surface area contributed by atoms with Crippen LogP contribution < -0.4 is 19.7 Å². The zero-order valence-electron chi connectivity index (χ0n) is 13.6. The van der Waals surface area contributed by atoms with Gasteiger partial charge in [-0.05, 0) is 24.6 Å². The highest BCUT2D eigenvalue weighted by Crippen LogP contribution is 2.41. The Bertz CT molecular complexity index is 688. The lowest BCUT2D eigenvalue weighted by Gasteiger charge is -2.38. The second-order valence-corrected chi connectivity index (χ2v) is 5.71. The molecule has 1 N–H and O–H groups in total. The quantitative estimate of drug-likeness (QED) is 0.933. The summed E-state index contributed by atoms with van der Waals surface area (Å²) in [5.41, 5.74) is 3.15. The summed E-state index contributed by atoms with van der Waals surface area (Å²) in [7, 11) is 3.26. The first kappa shape index (κ1) is 15.5. The largest absolute Gasteiger partial charge is 0.493 e. The van der Waals surface area contributed by atoms with Gasteiger partial charge in [0.05, 0.1) is 25.6 Å². The summed E-state index contributed by atoms with van der Waals surface area (Å²) in [6, 6.07) is 10.9. The number of nitrogens with one attached hydrogen (secondary N) is 1. The highest BCUT2D eigenvalue weighted by Gasteiger charge is 2.25. The molecule has 1 heterocycles. The van der Waals surface area contributed by atoms with Gasteiger partial charge in [0, 0.05) is 31.3 Å². The number of hydrogen-bond acceptors (Lipinski definition) is 4. The second kappa shape index (κ2) is 6.36. The molecule has 3 rings (SSSR count). The van der Waals surface area contributed by atoms with Crippen molar-refractivity contribution in [1.29, 1.82) is 0 Å². The van der Waals surface area contributed by atoms with Crippen LogP contribution in [-0.4, -0.2) is 26.8 Å². The molecule has 5 heteroatoms. The fraction of sp³-hybridized carbons (Fsp3) is 0.333. The third kappa shape index (κ3) is 3.04. The van der Waals surface area contributed by atoms with E-state index in [2.05, 4.69) is 17.1 Å². The Morgan fingerprint density at radius 3 is 2.43 bits per heavy atom. The predicted octanol–water partition coefficient (Wildman–Crippen LogP) is 3.66. The number of halogens is 1. The molecule has 0 aliphatic carbocycles. The van der Waals surface area contributed by atoms with Crippen LogP contribution in [0.15, 0.2) is 36.4 Å². The maximum Gasteiger partial charge on any atom is 0.162 e. The number of hydrogen-bond donors (Lipinski definition) is 1. The highest BCUT2D eigenvalue weighted by molar-refractivity contribution is 5.77. The lowest BCUT2D eigenvalue weighted by Crippen LogP contribution is -2.41. The van der Waals surface area contributed by atoms with Crippen LogP contribution in [0.5, 0.6) is 11.5 Å². The van der Waals surface area contributed by atoms with E-state index in [9.17, 15) is 4.39 Å². The Morgan fingerprint density at radius 1 is 1.13 bits per heavy atom. The molecular formula is C18H21FN2O2. The minimum atomic E-state index is -0.214. The monoisotopic (exact) mass is 316 g/mol. The van der Waals surface area contributed by atoms with Gasteiger partial charge in [-0.1, -0.05) is 12.1 Å². The van der Waals surface area contributed by atoms with Gasteiger partial charge in [0.1, 0.15) is 5.82 Å². The molecule has 2 aromatic rings. The molecule has 0 saturated heterocycles. The first-order valence-electron chi connectivity index (χ1n) is 7.63. The number of methoxy groups -OCH3 is 2. The maximum absolute atomic E-state index is 13.1. The average Bonchev–Trinajstić information content (AvgIpc) is 2.58. The van der Waals surface area contributed by atoms with E-state index in [1.807, 2.05) is 24.3 Å². The Kier molecular flexibility index (Phi) is 4.28. The summed E-state index contributed by atoms with van der Waals surface area (Å²) in [4.78, 5) is 2.29. The van der Waals surface area contributed by atoms with Gasteiger partial charge < -0.3 is 19.7 Å². The van der Waals surface area contributed by atoms with Gasteiger partial charge >= 0.3 is 0 Å². The van der Waals surface area contributed by atoms with E-state index in [-0.39, 0.29) is 5.82 Å². The lowest BCUT2D eigenvalue weighted by molar-refractivity contribution is 0.355. The molecule has 1 aliphatic rings. The SMILES string of the molecule is COc1cc2c(cc1OC)N(Cc1ccc(F)cc1)C(C)CN2. The number of benzene rings is 2. The minimum absolute atomic E-state index is 0.214. The summed E-state index contributed by atoms with van der Waals surface area (Å²) in [5.74, 6) is 1.19. The van der Waals surface area contributed by atoms with E-state index >= 15 is 0 Å². The third-order valence-corrected chi connectivity index (χ3v) is 4.20. The molecule has 23 heavy (non-hydrogen) atoms. The van der Waals surface area contributed by atoms with Crippen molar-refractivity contribution in [3.8, 4) is 11.5 Å². The van der Waals surface area contributed by atoms with E-state index in [0.717, 1.165) is 23.5 Å². The minimum Gasteiger partial charge on any atom is -0.493 e. The number of nitrogens with zero attached hydrogens (tertiary/aromatic N) is 1. The summed E-state index contributed by atoms with van der Waals surface area (Å²) in [6.45, 7) is 3.71. The van der Waals surface area contributed by atoms with Crippen molar-refractivity contribution in [2.24, 2.45) is 0 Å². The van der Waals surface area contributed by atoms with E-state index in [1.165, 1.54) is 12.1 Å². The van der Waals surface area contributed by atoms with Crippen molar-refractivity contribution in [3.63, 3.8) is 0 Å². The first-order chi connectivity index (χ1) is 11.1. The molecule has 0 bridgehead atoms. The first-order valence-corrected chi connectivity index (χ1v) is 7.63. The fourth-order valence-corrected chi connectivity index (χ4v) is 2.88. The summed E-state index contributed by atoms with van der Waals surface area (Å²) < 4.78 is 23.9. The topological polar surface area (TPSA) is 33.7 Å². The molecule has 1 atom stereocenters. The van der Waals surface area contributed by atoms with Crippen LogP contribution in [0.3, 0.4) is 0 Å². The van der Waals surface area contributed by atoms with Crippen LogP contribution in [0.4, 0.5) is 15.8 Å². The zero-order valence-corrected chi connectivity index (χ0v) is 13.6. The molecule has 122 valence electrons. The molecule has 0 amide bonds. The van der Waals surface area contributed by atoms with Crippen LogP contribution in [0.2, 0.25) is 0 Å². The Morgan fingerprint density at radius 2 is 1.78 bits per heavy atom. The van der Waals surface area contributed by atoms with Crippen LogP contribution in [0.1, 0.15) is 12.5 Å². The standard InChI is InChI=1S/C18H21FN2O2/c1-12-10-20-15-8-17(22-2)18(23-3)9-16(15)21(12)11-13-4-6-14(19)7-5-13/h4-9,12,20H,10-11H2,1-3H3. The summed E-state index contributed by atoms with van der Waals surface area (Å²) in [5, 5.41) is 3.43. The average molecular weight is 316 g/mol.